The summed E-state index contributed by atoms with van der Waals surface area (Å²) in [6, 6.07) is 21.3. The first-order valence-corrected chi connectivity index (χ1v) is 8.58. The van der Waals surface area contributed by atoms with E-state index in [4.69, 9.17) is 5.10 Å². The molecule has 2 aromatic heterocycles. The van der Waals surface area contributed by atoms with Gasteiger partial charge in [-0.1, -0.05) is 48.5 Å². The largest absolute Gasteiger partial charge is 0.478 e. The van der Waals surface area contributed by atoms with Crippen LogP contribution in [0.15, 0.2) is 85.3 Å². The van der Waals surface area contributed by atoms with Crippen molar-refractivity contribution in [2.24, 2.45) is 0 Å². The monoisotopic (exact) mass is 355 g/mol. The van der Waals surface area contributed by atoms with Gasteiger partial charge >= 0.3 is 5.97 Å². The van der Waals surface area contributed by atoms with E-state index in [-0.39, 0.29) is 5.56 Å². The van der Waals surface area contributed by atoms with Gasteiger partial charge in [0, 0.05) is 36.1 Å². The van der Waals surface area contributed by atoms with Crippen LogP contribution in [-0.4, -0.2) is 25.8 Å². The maximum Gasteiger partial charge on any atom is 0.336 e. The van der Waals surface area contributed by atoms with Gasteiger partial charge in [0.1, 0.15) is 0 Å². The normalized spacial score (nSPS) is 10.7. The number of hydrogen-bond donors (Lipinski definition) is 1. The number of benzene rings is 2. The van der Waals surface area contributed by atoms with E-state index in [0.29, 0.717) is 12.0 Å². The Balaban J connectivity index is 1.82. The Morgan fingerprint density at radius 3 is 2.33 bits per heavy atom. The quantitative estimate of drug-likeness (QED) is 0.582. The molecule has 2 aromatic carbocycles. The van der Waals surface area contributed by atoms with Crippen LogP contribution in [0.2, 0.25) is 0 Å². The second kappa shape index (κ2) is 7.25. The number of para-hydroxylation sites is 1. The van der Waals surface area contributed by atoms with Gasteiger partial charge in [-0.2, -0.15) is 5.10 Å². The lowest BCUT2D eigenvalue weighted by Gasteiger charge is -2.05. The van der Waals surface area contributed by atoms with Crippen LogP contribution in [-0.2, 0) is 6.42 Å². The lowest BCUT2D eigenvalue weighted by molar-refractivity contribution is 0.0695. The number of nitrogens with zero attached hydrogens (tertiary/aromatic N) is 3. The van der Waals surface area contributed by atoms with Gasteiger partial charge in [0.25, 0.3) is 0 Å². The zero-order chi connectivity index (χ0) is 18.6. The van der Waals surface area contributed by atoms with Gasteiger partial charge in [-0.25, -0.2) is 9.48 Å². The summed E-state index contributed by atoms with van der Waals surface area (Å²) in [7, 11) is 0. The van der Waals surface area contributed by atoms with Crippen molar-refractivity contribution >= 4 is 5.97 Å². The Hall–Kier alpha value is -3.73. The molecule has 0 fully saturated rings. The number of carbonyl (C=O) groups is 1. The van der Waals surface area contributed by atoms with Gasteiger partial charge in [-0.05, 0) is 23.8 Å². The summed E-state index contributed by atoms with van der Waals surface area (Å²) in [5, 5.41) is 14.2. The molecule has 5 heteroatoms. The molecule has 0 aliphatic carbocycles. The molecule has 0 aliphatic heterocycles. The molecular weight excluding hydrogens is 338 g/mol. The van der Waals surface area contributed by atoms with Crippen LogP contribution in [0.3, 0.4) is 0 Å². The zero-order valence-electron chi connectivity index (χ0n) is 14.5. The fourth-order valence-corrected chi connectivity index (χ4v) is 3.07. The second-order valence-electron chi connectivity index (χ2n) is 6.16. The van der Waals surface area contributed by atoms with Gasteiger partial charge in [0.05, 0.1) is 16.9 Å². The van der Waals surface area contributed by atoms with Crippen molar-refractivity contribution in [3.63, 3.8) is 0 Å². The molecule has 0 unspecified atom stereocenters. The summed E-state index contributed by atoms with van der Waals surface area (Å²) in [5.74, 6) is -0.955. The summed E-state index contributed by atoms with van der Waals surface area (Å²) in [6.45, 7) is 0. The van der Waals surface area contributed by atoms with E-state index in [1.54, 1.807) is 6.20 Å². The van der Waals surface area contributed by atoms with Crippen LogP contribution in [0, 0.1) is 0 Å². The minimum Gasteiger partial charge on any atom is -0.478 e. The maximum atomic E-state index is 11.5. The predicted octanol–water partition coefficient (Wildman–Crippen LogP) is 4.22. The van der Waals surface area contributed by atoms with Crippen LogP contribution in [0.5, 0.6) is 0 Å². The Kier molecular flexibility index (Phi) is 4.49. The second-order valence-corrected chi connectivity index (χ2v) is 6.16. The first-order valence-electron chi connectivity index (χ1n) is 8.58. The number of aromatic nitrogens is 3. The van der Waals surface area contributed by atoms with Crippen LogP contribution in [0.25, 0.3) is 16.9 Å². The zero-order valence-corrected chi connectivity index (χ0v) is 14.5. The van der Waals surface area contributed by atoms with Gasteiger partial charge in [0.15, 0.2) is 0 Å². The fourth-order valence-electron chi connectivity index (χ4n) is 3.07. The molecule has 132 valence electrons. The number of pyridine rings is 1. The van der Waals surface area contributed by atoms with E-state index in [9.17, 15) is 9.90 Å². The molecule has 0 amide bonds. The maximum absolute atomic E-state index is 11.5. The first-order chi connectivity index (χ1) is 13.2. The minimum atomic E-state index is -0.955. The van der Waals surface area contributed by atoms with E-state index >= 15 is 0 Å². The number of carboxylic acids is 1. The molecule has 0 atom stereocenters. The Morgan fingerprint density at radius 1 is 0.926 bits per heavy atom. The van der Waals surface area contributed by atoms with Crippen LogP contribution < -0.4 is 0 Å². The van der Waals surface area contributed by atoms with Crippen LogP contribution in [0.4, 0.5) is 0 Å². The lowest BCUT2D eigenvalue weighted by atomic mass is 9.99. The summed E-state index contributed by atoms with van der Waals surface area (Å²) < 4.78 is 1.83. The van der Waals surface area contributed by atoms with Crippen LogP contribution >= 0.6 is 0 Å². The van der Waals surface area contributed by atoms with E-state index in [1.165, 1.54) is 12.3 Å². The highest BCUT2D eigenvalue weighted by Gasteiger charge is 2.16. The van der Waals surface area contributed by atoms with Crippen molar-refractivity contribution < 1.29 is 9.90 Å². The van der Waals surface area contributed by atoms with Crippen molar-refractivity contribution in [3.8, 4) is 16.9 Å². The molecular formula is C22H17N3O2. The van der Waals surface area contributed by atoms with Crippen LogP contribution in [0.1, 0.15) is 21.5 Å². The molecule has 0 saturated carbocycles. The number of aromatic carboxylic acids is 1. The van der Waals surface area contributed by atoms with E-state index in [0.717, 1.165) is 22.5 Å². The van der Waals surface area contributed by atoms with Gasteiger partial charge < -0.3 is 5.11 Å². The molecule has 5 nitrogen and oxygen atoms in total. The SMILES string of the molecule is O=C(O)c1ccncc1Cc1cn(-c2ccccc2)nc1-c1ccccc1. The van der Waals surface area contributed by atoms with E-state index in [2.05, 4.69) is 4.98 Å². The van der Waals surface area contributed by atoms with Crippen molar-refractivity contribution in [1.82, 2.24) is 14.8 Å². The molecule has 0 saturated heterocycles. The molecule has 2 heterocycles. The summed E-state index contributed by atoms with van der Waals surface area (Å²) >= 11 is 0. The minimum absolute atomic E-state index is 0.261. The van der Waals surface area contributed by atoms with Gasteiger partial charge in [0.2, 0.25) is 0 Å². The Bertz CT molecular complexity index is 1070. The predicted molar refractivity (Wildman–Crippen MR) is 103 cm³/mol. The molecule has 4 rings (SSSR count). The number of rotatable bonds is 5. The smallest absolute Gasteiger partial charge is 0.336 e. The summed E-state index contributed by atoms with van der Waals surface area (Å²) in [5.41, 5.74) is 4.64. The topological polar surface area (TPSA) is 68.0 Å². The molecule has 0 radical (unpaired) electrons. The lowest BCUT2D eigenvalue weighted by Crippen LogP contribution is -2.03. The highest BCUT2D eigenvalue weighted by atomic mass is 16.4. The molecule has 27 heavy (non-hydrogen) atoms. The standard InChI is InChI=1S/C22H17N3O2/c26-22(27)20-11-12-23-14-17(20)13-18-15-25(19-9-5-2-6-10-19)24-21(18)16-7-3-1-4-8-16/h1-12,14-15H,13H2,(H,26,27). The van der Waals surface area contributed by atoms with E-state index in [1.807, 2.05) is 71.5 Å². The molecule has 0 aliphatic rings. The van der Waals surface area contributed by atoms with Crippen molar-refractivity contribution in [2.45, 2.75) is 6.42 Å². The number of carboxylic acid groups (broad SMARTS) is 1. The molecule has 0 spiro atoms. The van der Waals surface area contributed by atoms with Gasteiger partial charge in [-0.15, -0.1) is 0 Å². The van der Waals surface area contributed by atoms with Crippen molar-refractivity contribution in [3.05, 3.63) is 102 Å². The van der Waals surface area contributed by atoms with Crippen molar-refractivity contribution in [1.29, 1.82) is 0 Å². The first kappa shape index (κ1) is 16.7. The fraction of sp³-hybridized carbons (Fsp3) is 0.0455. The average molecular weight is 355 g/mol. The van der Waals surface area contributed by atoms with Gasteiger partial charge in [-0.3, -0.25) is 4.98 Å². The average Bonchev–Trinajstić information content (AvgIpc) is 3.13. The third kappa shape index (κ3) is 3.48. The summed E-state index contributed by atoms with van der Waals surface area (Å²) in [4.78, 5) is 15.6. The molecule has 4 aromatic rings. The highest BCUT2D eigenvalue weighted by molar-refractivity contribution is 5.89. The third-order valence-electron chi connectivity index (χ3n) is 4.37. The number of hydrogen-bond acceptors (Lipinski definition) is 3. The Morgan fingerprint density at radius 2 is 1.63 bits per heavy atom. The molecule has 1 N–H and O–H groups in total. The Labute approximate surface area is 156 Å². The molecule has 0 bridgehead atoms. The highest BCUT2D eigenvalue weighted by Crippen LogP contribution is 2.26. The van der Waals surface area contributed by atoms with E-state index < -0.39 is 5.97 Å². The van der Waals surface area contributed by atoms with Crippen molar-refractivity contribution in [2.75, 3.05) is 0 Å². The third-order valence-corrected chi connectivity index (χ3v) is 4.37. The summed E-state index contributed by atoms with van der Waals surface area (Å²) in [6.07, 6.45) is 5.50.